The molecule has 0 saturated carbocycles. The highest BCUT2D eigenvalue weighted by molar-refractivity contribution is 7.89. The van der Waals surface area contributed by atoms with E-state index in [0.717, 1.165) is 5.56 Å². The molecule has 1 aromatic heterocycles. The summed E-state index contributed by atoms with van der Waals surface area (Å²) in [5.41, 5.74) is 1.23. The Labute approximate surface area is 192 Å². The number of rotatable bonds is 8. The Balaban J connectivity index is 1.51. The van der Waals surface area contributed by atoms with Crippen LogP contribution in [0.2, 0.25) is 0 Å². The highest BCUT2D eigenvalue weighted by Crippen LogP contribution is 2.19. The van der Waals surface area contributed by atoms with E-state index in [2.05, 4.69) is 4.98 Å². The van der Waals surface area contributed by atoms with Crippen molar-refractivity contribution in [3.63, 3.8) is 0 Å². The van der Waals surface area contributed by atoms with E-state index in [1.54, 1.807) is 35.4 Å². The van der Waals surface area contributed by atoms with E-state index in [4.69, 9.17) is 4.74 Å². The van der Waals surface area contributed by atoms with Crippen molar-refractivity contribution in [2.45, 2.75) is 11.4 Å². The molecule has 0 atom stereocenters. The lowest BCUT2D eigenvalue weighted by Crippen LogP contribution is -2.40. The average Bonchev–Trinajstić information content (AvgIpc) is 2.86. The number of sulfonamides is 1. The minimum Gasteiger partial charge on any atom is -0.379 e. The second kappa shape index (κ2) is 10.2. The predicted molar refractivity (Wildman–Crippen MR) is 122 cm³/mol. The fourth-order valence-electron chi connectivity index (χ4n) is 3.58. The Morgan fingerprint density at radius 1 is 1.00 bits per heavy atom. The van der Waals surface area contributed by atoms with Crippen LogP contribution in [0.1, 0.15) is 15.9 Å². The first-order valence-electron chi connectivity index (χ1n) is 10.5. The third-order valence-electron chi connectivity index (χ3n) is 5.38. The fraction of sp³-hybridized carbons (Fsp3) is 0.250. The molecule has 0 spiro atoms. The number of hydrogen-bond donors (Lipinski definition) is 0. The first-order valence-corrected chi connectivity index (χ1v) is 12.0. The molecular weight excluding hydrogens is 445 g/mol. The van der Waals surface area contributed by atoms with Gasteiger partial charge in [0.25, 0.3) is 0 Å². The molecule has 33 heavy (non-hydrogen) atoms. The number of ether oxygens (including phenoxy) is 1. The quantitative estimate of drug-likeness (QED) is 0.472. The van der Waals surface area contributed by atoms with Gasteiger partial charge in [-0.05, 0) is 54.1 Å². The first-order chi connectivity index (χ1) is 15.9. The van der Waals surface area contributed by atoms with Gasteiger partial charge in [0.15, 0.2) is 5.78 Å². The molecular formula is C24H24FN3O4S. The van der Waals surface area contributed by atoms with Crippen molar-refractivity contribution in [3.05, 3.63) is 89.9 Å². The largest absolute Gasteiger partial charge is 0.379 e. The summed E-state index contributed by atoms with van der Waals surface area (Å²) in [6.07, 6.45) is 1.64. The van der Waals surface area contributed by atoms with E-state index in [-0.39, 0.29) is 23.0 Å². The van der Waals surface area contributed by atoms with Gasteiger partial charge in [-0.2, -0.15) is 4.31 Å². The highest BCUT2D eigenvalue weighted by atomic mass is 32.2. The maximum absolute atomic E-state index is 13.3. The van der Waals surface area contributed by atoms with Crippen LogP contribution in [0.3, 0.4) is 0 Å². The van der Waals surface area contributed by atoms with Crippen molar-refractivity contribution in [2.24, 2.45) is 0 Å². The average molecular weight is 470 g/mol. The molecule has 0 bridgehead atoms. The van der Waals surface area contributed by atoms with Crippen molar-refractivity contribution in [3.8, 4) is 0 Å². The number of halogens is 1. The normalized spacial score (nSPS) is 14.7. The Morgan fingerprint density at radius 3 is 2.33 bits per heavy atom. The van der Waals surface area contributed by atoms with E-state index in [9.17, 15) is 17.6 Å². The number of benzene rings is 2. The number of Topliss-reactive ketones (excluding diaryl/α,β-unsaturated/α-hetero) is 1. The molecule has 1 fully saturated rings. The molecule has 172 valence electrons. The van der Waals surface area contributed by atoms with Crippen molar-refractivity contribution < 1.29 is 22.3 Å². The second-order valence-electron chi connectivity index (χ2n) is 7.63. The zero-order chi connectivity index (χ0) is 23.3. The van der Waals surface area contributed by atoms with Gasteiger partial charge in [0.05, 0.1) is 24.7 Å². The zero-order valence-electron chi connectivity index (χ0n) is 17.9. The van der Waals surface area contributed by atoms with Gasteiger partial charge in [-0.1, -0.05) is 18.2 Å². The minimum atomic E-state index is -3.62. The molecule has 0 unspecified atom stereocenters. The number of carbonyl (C=O) groups excluding carboxylic acids is 1. The monoisotopic (exact) mass is 469 g/mol. The van der Waals surface area contributed by atoms with Crippen LogP contribution in [0.4, 0.5) is 10.2 Å². The van der Waals surface area contributed by atoms with Crippen molar-refractivity contribution >= 4 is 21.6 Å². The minimum absolute atomic E-state index is 0.0317. The maximum atomic E-state index is 13.3. The van der Waals surface area contributed by atoms with E-state index < -0.39 is 10.0 Å². The lowest BCUT2D eigenvalue weighted by molar-refractivity contribution is 0.0730. The standard InChI is InChI=1S/C24H24FN3O4S/c25-21-8-4-19(5-9-21)17-27(24-3-1-2-12-26-24)18-23(29)20-6-10-22(11-7-20)33(30,31)28-13-15-32-16-14-28/h1-12H,13-18H2. The van der Waals surface area contributed by atoms with Gasteiger partial charge >= 0.3 is 0 Å². The third kappa shape index (κ3) is 5.62. The molecule has 2 heterocycles. The number of pyridine rings is 1. The fourth-order valence-corrected chi connectivity index (χ4v) is 4.99. The molecule has 1 aliphatic heterocycles. The zero-order valence-corrected chi connectivity index (χ0v) is 18.7. The van der Waals surface area contributed by atoms with Gasteiger partial charge in [-0.15, -0.1) is 0 Å². The number of hydrogen-bond acceptors (Lipinski definition) is 6. The van der Waals surface area contributed by atoms with Crippen molar-refractivity contribution in [1.82, 2.24) is 9.29 Å². The van der Waals surface area contributed by atoms with Crippen LogP contribution in [0.15, 0.2) is 77.8 Å². The van der Waals surface area contributed by atoms with Gasteiger partial charge < -0.3 is 9.64 Å². The SMILES string of the molecule is O=C(CN(Cc1ccc(F)cc1)c1ccccn1)c1ccc(S(=O)(=O)N2CCOCC2)cc1. The van der Waals surface area contributed by atoms with Crippen LogP contribution < -0.4 is 4.90 Å². The molecule has 0 N–H and O–H groups in total. The summed E-state index contributed by atoms with van der Waals surface area (Å²) in [6, 6.07) is 17.5. The first kappa shape index (κ1) is 23.0. The molecule has 0 aliphatic carbocycles. The van der Waals surface area contributed by atoms with Gasteiger partial charge in [-0.25, -0.2) is 17.8 Å². The van der Waals surface area contributed by atoms with Gasteiger partial charge in [-0.3, -0.25) is 4.79 Å². The van der Waals surface area contributed by atoms with Crippen LogP contribution in [0.5, 0.6) is 0 Å². The van der Waals surface area contributed by atoms with Crippen molar-refractivity contribution in [2.75, 3.05) is 37.7 Å². The predicted octanol–water partition coefficient (Wildman–Crippen LogP) is 3.13. The lowest BCUT2D eigenvalue weighted by Gasteiger charge is -2.26. The summed E-state index contributed by atoms with van der Waals surface area (Å²) < 4.78 is 45.5. The molecule has 1 saturated heterocycles. The Bertz CT molecular complexity index is 1180. The van der Waals surface area contributed by atoms with Gasteiger partial charge in [0, 0.05) is 31.4 Å². The Kier molecular flexibility index (Phi) is 7.12. The summed E-state index contributed by atoms with van der Waals surface area (Å²) in [7, 11) is -3.62. The molecule has 9 heteroatoms. The van der Waals surface area contributed by atoms with E-state index in [0.29, 0.717) is 44.2 Å². The van der Waals surface area contributed by atoms with Crippen LogP contribution >= 0.6 is 0 Å². The number of morpholine rings is 1. The Morgan fingerprint density at radius 2 is 1.70 bits per heavy atom. The third-order valence-corrected chi connectivity index (χ3v) is 7.29. The van der Waals surface area contributed by atoms with Crippen LogP contribution in [-0.4, -0.2) is 56.3 Å². The summed E-state index contributed by atoms with van der Waals surface area (Å²) in [4.78, 5) is 19.3. The highest BCUT2D eigenvalue weighted by Gasteiger charge is 2.26. The Hall–Kier alpha value is -3.14. The van der Waals surface area contributed by atoms with Gasteiger partial charge in [0.2, 0.25) is 10.0 Å². The maximum Gasteiger partial charge on any atom is 0.243 e. The summed E-state index contributed by atoms with van der Waals surface area (Å²) in [5, 5.41) is 0. The summed E-state index contributed by atoms with van der Waals surface area (Å²) in [6.45, 7) is 1.76. The van der Waals surface area contributed by atoms with E-state index >= 15 is 0 Å². The number of ketones is 1. The molecule has 0 amide bonds. The molecule has 0 radical (unpaired) electrons. The molecule has 1 aliphatic rings. The lowest BCUT2D eigenvalue weighted by atomic mass is 10.1. The van der Waals surface area contributed by atoms with Crippen LogP contribution in [-0.2, 0) is 21.3 Å². The van der Waals surface area contributed by atoms with Crippen LogP contribution in [0, 0.1) is 5.82 Å². The molecule has 4 rings (SSSR count). The number of nitrogens with zero attached hydrogens (tertiary/aromatic N) is 3. The number of carbonyl (C=O) groups is 1. The summed E-state index contributed by atoms with van der Waals surface area (Å²) in [5.74, 6) is 0.103. The number of anilines is 1. The van der Waals surface area contributed by atoms with E-state index in [1.165, 1.54) is 40.7 Å². The molecule has 7 nitrogen and oxygen atoms in total. The van der Waals surface area contributed by atoms with Gasteiger partial charge in [0.1, 0.15) is 11.6 Å². The topological polar surface area (TPSA) is 79.8 Å². The smallest absolute Gasteiger partial charge is 0.243 e. The van der Waals surface area contributed by atoms with Crippen LogP contribution in [0.25, 0.3) is 0 Å². The van der Waals surface area contributed by atoms with E-state index in [1.807, 2.05) is 6.07 Å². The summed E-state index contributed by atoms with van der Waals surface area (Å²) >= 11 is 0. The molecule has 3 aromatic rings. The molecule has 2 aromatic carbocycles. The van der Waals surface area contributed by atoms with Crippen molar-refractivity contribution in [1.29, 1.82) is 0 Å². The number of aromatic nitrogens is 1. The second-order valence-corrected chi connectivity index (χ2v) is 9.57.